The van der Waals surface area contributed by atoms with E-state index in [4.69, 9.17) is 9.47 Å². The maximum absolute atomic E-state index is 12.9. The largest absolute Gasteiger partial charge is 0.497 e. The molecule has 1 saturated heterocycles. The molecule has 1 amide bonds. The summed E-state index contributed by atoms with van der Waals surface area (Å²) in [5.74, 6) is -1.88. The number of methoxy groups -OCH3 is 1. The first kappa shape index (κ1) is 20.1. The van der Waals surface area contributed by atoms with Crippen LogP contribution in [0.4, 0.5) is 11.4 Å². The second-order valence-electron chi connectivity index (χ2n) is 6.40. The summed E-state index contributed by atoms with van der Waals surface area (Å²) in [6.45, 7) is 3.20. The molecular formula is C21H21N3O5. The minimum absolute atomic E-state index is 0.0933. The summed E-state index contributed by atoms with van der Waals surface area (Å²) in [4.78, 5) is 39.5. The molecule has 3 rings (SSSR count). The smallest absolute Gasteiger partial charge is 0.338 e. The number of hydrogen-bond donors (Lipinski definition) is 1. The number of carbonyl (C=O) groups is 3. The van der Waals surface area contributed by atoms with Crippen LogP contribution in [0.25, 0.3) is 0 Å². The van der Waals surface area contributed by atoms with Gasteiger partial charge in [-0.25, -0.2) is 4.79 Å². The Kier molecular flexibility index (Phi) is 5.63. The van der Waals surface area contributed by atoms with Crippen molar-refractivity contribution in [3.63, 3.8) is 0 Å². The van der Waals surface area contributed by atoms with Gasteiger partial charge in [0.05, 0.1) is 19.4 Å². The van der Waals surface area contributed by atoms with E-state index in [0.717, 1.165) is 4.90 Å². The van der Waals surface area contributed by atoms with Crippen LogP contribution in [0.2, 0.25) is 0 Å². The van der Waals surface area contributed by atoms with Crippen LogP contribution in [0.5, 0.6) is 5.75 Å². The van der Waals surface area contributed by atoms with Crippen molar-refractivity contribution in [1.29, 1.82) is 0 Å². The molecule has 1 aliphatic heterocycles. The highest BCUT2D eigenvalue weighted by Gasteiger charge is 2.60. The molecule has 0 bridgehead atoms. The maximum Gasteiger partial charge on any atom is 0.338 e. The van der Waals surface area contributed by atoms with E-state index in [2.05, 4.69) is 10.5 Å². The van der Waals surface area contributed by atoms with Crippen molar-refractivity contribution in [3.8, 4) is 5.75 Å². The monoisotopic (exact) mass is 395 g/mol. The zero-order valence-corrected chi connectivity index (χ0v) is 16.3. The standard InChI is InChI=1S/C21H21N3O5/c1-4-29-20(27)21(2)18(23-22-14-9-8-12-16(13-14)28-3)17(25)19(26)24(21)15-10-6-5-7-11-15/h5-13,22H,4H2,1-3H3/b23-18-. The number of ketones is 1. The van der Waals surface area contributed by atoms with Gasteiger partial charge in [0, 0.05) is 11.8 Å². The number of ether oxygens (including phenoxy) is 2. The molecule has 29 heavy (non-hydrogen) atoms. The quantitative estimate of drug-likeness (QED) is 0.458. The molecule has 0 aliphatic carbocycles. The Morgan fingerprint density at radius 3 is 2.52 bits per heavy atom. The maximum atomic E-state index is 12.9. The number of nitrogens with zero attached hydrogens (tertiary/aromatic N) is 2. The van der Waals surface area contributed by atoms with Crippen LogP contribution in [0.1, 0.15) is 13.8 Å². The molecule has 150 valence electrons. The normalized spacial score (nSPS) is 20.1. The fourth-order valence-corrected chi connectivity index (χ4v) is 3.12. The van der Waals surface area contributed by atoms with Crippen LogP contribution >= 0.6 is 0 Å². The Bertz CT molecular complexity index is 973. The summed E-state index contributed by atoms with van der Waals surface area (Å²) in [6, 6.07) is 15.3. The van der Waals surface area contributed by atoms with Crippen molar-refractivity contribution >= 4 is 34.7 Å². The Hall–Kier alpha value is -3.68. The molecule has 0 saturated carbocycles. The SMILES string of the molecule is CCOC(=O)C1(C)/C(=N\Nc2cccc(OC)c2)C(=O)C(=O)N1c1ccccc1. The van der Waals surface area contributed by atoms with Crippen LogP contribution in [-0.4, -0.2) is 42.6 Å². The van der Waals surface area contributed by atoms with Gasteiger partial charge in [-0.1, -0.05) is 24.3 Å². The molecule has 1 N–H and O–H groups in total. The number of amides is 1. The van der Waals surface area contributed by atoms with Crippen molar-refractivity contribution in [3.05, 3.63) is 54.6 Å². The zero-order valence-electron chi connectivity index (χ0n) is 16.3. The van der Waals surface area contributed by atoms with Crippen molar-refractivity contribution in [2.45, 2.75) is 19.4 Å². The molecule has 0 radical (unpaired) electrons. The highest BCUT2D eigenvalue weighted by atomic mass is 16.5. The summed E-state index contributed by atoms with van der Waals surface area (Å²) < 4.78 is 10.3. The van der Waals surface area contributed by atoms with Gasteiger partial charge in [0.1, 0.15) is 5.75 Å². The number of carbonyl (C=O) groups excluding carboxylic acids is 3. The Balaban J connectivity index is 2.07. The van der Waals surface area contributed by atoms with Crippen LogP contribution in [0.3, 0.4) is 0 Å². The minimum atomic E-state index is -1.71. The number of hydrogen-bond acceptors (Lipinski definition) is 7. The number of para-hydroxylation sites is 1. The predicted molar refractivity (Wildman–Crippen MR) is 108 cm³/mol. The Morgan fingerprint density at radius 1 is 1.14 bits per heavy atom. The molecule has 2 aromatic carbocycles. The van der Waals surface area contributed by atoms with Crippen molar-refractivity contribution in [2.75, 3.05) is 24.0 Å². The van der Waals surface area contributed by atoms with Gasteiger partial charge in [0.15, 0.2) is 11.3 Å². The first-order valence-electron chi connectivity index (χ1n) is 9.02. The highest BCUT2D eigenvalue weighted by molar-refractivity contribution is 6.75. The number of rotatable bonds is 6. The van der Waals surface area contributed by atoms with E-state index in [9.17, 15) is 14.4 Å². The molecule has 8 nitrogen and oxygen atoms in total. The lowest BCUT2D eigenvalue weighted by Crippen LogP contribution is -2.55. The van der Waals surface area contributed by atoms with Gasteiger partial charge in [-0.2, -0.15) is 5.10 Å². The average molecular weight is 395 g/mol. The summed E-state index contributed by atoms with van der Waals surface area (Å²) in [7, 11) is 1.53. The van der Waals surface area contributed by atoms with Crippen LogP contribution in [0.15, 0.2) is 59.7 Å². The van der Waals surface area contributed by atoms with E-state index in [0.29, 0.717) is 17.1 Å². The molecule has 0 aromatic heterocycles. The second kappa shape index (κ2) is 8.14. The van der Waals surface area contributed by atoms with Crippen LogP contribution in [0, 0.1) is 0 Å². The minimum Gasteiger partial charge on any atom is -0.497 e. The molecule has 1 fully saturated rings. The fraction of sp³-hybridized carbons (Fsp3) is 0.238. The number of anilines is 2. The predicted octanol–water partition coefficient (Wildman–Crippen LogP) is 2.40. The van der Waals surface area contributed by atoms with E-state index in [1.165, 1.54) is 14.0 Å². The molecule has 2 aromatic rings. The molecule has 1 unspecified atom stereocenters. The molecule has 8 heteroatoms. The number of esters is 1. The average Bonchev–Trinajstić information content (AvgIpc) is 2.93. The first-order chi connectivity index (χ1) is 13.9. The summed E-state index contributed by atoms with van der Waals surface area (Å²) >= 11 is 0. The lowest BCUT2D eigenvalue weighted by atomic mass is 9.95. The van der Waals surface area contributed by atoms with Gasteiger partial charge >= 0.3 is 11.9 Å². The van der Waals surface area contributed by atoms with Crippen molar-refractivity contribution in [2.24, 2.45) is 5.10 Å². The molecule has 1 aliphatic rings. The molecular weight excluding hydrogens is 374 g/mol. The molecule has 1 heterocycles. The van der Waals surface area contributed by atoms with Gasteiger partial charge in [-0.3, -0.25) is 19.9 Å². The summed E-state index contributed by atoms with van der Waals surface area (Å²) in [5.41, 5.74) is 1.71. The number of nitrogens with one attached hydrogen (secondary N) is 1. The zero-order chi connectivity index (χ0) is 21.0. The number of hydrazone groups is 1. The van der Waals surface area contributed by atoms with E-state index in [-0.39, 0.29) is 12.3 Å². The third-order valence-electron chi connectivity index (χ3n) is 4.57. The van der Waals surface area contributed by atoms with Crippen LogP contribution < -0.4 is 15.1 Å². The van der Waals surface area contributed by atoms with Gasteiger partial charge in [-0.15, -0.1) is 0 Å². The van der Waals surface area contributed by atoms with Crippen molar-refractivity contribution < 1.29 is 23.9 Å². The molecule has 1 atom stereocenters. The Labute approximate surface area is 168 Å². The lowest BCUT2D eigenvalue weighted by molar-refractivity contribution is -0.147. The topological polar surface area (TPSA) is 97.3 Å². The van der Waals surface area contributed by atoms with E-state index >= 15 is 0 Å². The Morgan fingerprint density at radius 2 is 1.86 bits per heavy atom. The van der Waals surface area contributed by atoms with E-state index < -0.39 is 23.2 Å². The fourth-order valence-electron chi connectivity index (χ4n) is 3.12. The first-order valence-corrected chi connectivity index (χ1v) is 9.02. The number of Topliss-reactive ketones (excluding diaryl/α,β-unsaturated/α-hetero) is 1. The van der Waals surface area contributed by atoms with Gasteiger partial charge in [0.25, 0.3) is 5.78 Å². The third-order valence-corrected chi connectivity index (χ3v) is 4.57. The van der Waals surface area contributed by atoms with E-state index in [1.54, 1.807) is 61.5 Å². The summed E-state index contributed by atoms with van der Waals surface area (Å²) in [6.07, 6.45) is 0. The van der Waals surface area contributed by atoms with Crippen molar-refractivity contribution in [1.82, 2.24) is 0 Å². The molecule has 0 spiro atoms. The second-order valence-corrected chi connectivity index (χ2v) is 6.40. The summed E-state index contributed by atoms with van der Waals surface area (Å²) in [5, 5.41) is 4.13. The number of benzene rings is 2. The van der Waals surface area contributed by atoms with Gasteiger partial charge < -0.3 is 9.47 Å². The van der Waals surface area contributed by atoms with Gasteiger partial charge in [0.2, 0.25) is 0 Å². The van der Waals surface area contributed by atoms with Crippen LogP contribution in [-0.2, 0) is 19.1 Å². The third kappa shape index (κ3) is 3.56. The van der Waals surface area contributed by atoms with E-state index in [1.807, 2.05) is 0 Å². The van der Waals surface area contributed by atoms with Gasteiger partial charge in [-0.05, 0) is 38.1 Å². The lowest BCUT2D eigenvalue weighted by Gasteiger charge is -2.31. The highest BCUT2D eigenvalue weighted by Crippen LogP contribution is 2.33.